The first-order chi connectivity index (χ1) is 9.24. The molecule has 5 heteroatoms. The number of nitrogen functional groups attached to an aromatic ring is 1. The number of anilines is 1. The van der Waals surface area contributed by atoms with Crippen LogP contribution in [0.1, 0.15) is 30.1 Å². The van der Waals surface area contributed by atoms with Gasteiger partial charge in [-0.3, -0.25) is 0 Å². The molecule has 2 aromatic rings. The molecule has 1 saturated heterocycles. The minimum atomic E-state index is 0.250. The molecule has 1 aromatic carbocycles. The first-order valence-electron chi connectivity index (χ1n) is 6.52. The van der Waals surface area contributed by atoms with Crippen LogP contribution in [0.15, 0.2) is 22.7 Å². The number of benzene rings is 1. The molecule has 19 heavy (non-hydrogen) atoms. The highest BCUT2D eigenvalue weighted by molar-refractivity contribution is 5.62. The molecule has 2 heterocycles. The van der Waals surface area contributed by atoms with Crippen molar-refractivity contribution in [3.8, 4) is 11.5 Å². The fourth-order valence-corrected chi connectivity index (χ4v) is 2.38. The van der Waals surface area contributed by atoms with Crippen molar-refractivity contribution in [1.82, 2.24) is 10.1 Å². The fourth-order valence-electron chi connectivity index (χ4n) is 2.38. The summed E-state index contributed by atoms with van der Waals surface area (Å²) in [5, 5.41) is 4.08. The van der Waals surface area contributed by atoms with Crippen LogP contribution in [0.25, 0.3) is 11.5 Å². The Hall–Kier alpha value is -1.88. The summed E-state index contributed by atoms with van der Waals surface area (Å²) in [6, 6.07) is 5.66. The van der Waals surface area contributed by atoms with Gasteiger partial charge in [0.05, 0.1) is 6.61 Å². The quantitative estimate of drug-likeness (QED) is 0.839. The van der Waals surface area contributed by atoms with E-state index in [0.717, 1.165) is 42.1 Å². The third kappa shape index (κ3) is 2.46. The molecule has 0 bridgehead atoms. The summed E-state index contributed by atoms with van der Waals surface area (Å²) in [6.45, 7) is 3.50. The van der Waals surface area contributed by atoms with Gasteiger partial charge < -0.3 is 15.0 Å². The molecule has 0 spiro atoms. The van der Waals surface area contributed by atoms with Gasteiger partial charge in [-0.1, -0.05) is 5.16 Å². The van der Waals surface area contributed by atoms with Crippen LogP contribution in [-0.4, -0.2) is 23.4 Å². The topological polar surface area (TPSA) is 74.2 Å². The maximum Gasteiger partial charge on any atom is 0.258 e. The van der Waals surface area contributed by atoms with Crippen molar-refractivity contribution < 1.29 is 9.26 Å². The standard InChI is InChI=1S/C14H17N3O2/c1-9-7-11(15)4-5-12(9)14-16-13(17-19-14)10-3-2-6-18-8-10/h4-5,7,10H,2-3,6,8,15H2,1H3. The van der Waals surface area contributed by atoms with Crippen molar-refractivity contribution in [3.05, 3.63) is 29.6 Å². The summed E-state index contributed by atoms with van der Waals surface area (Å²) >= 11 is 0. The lowest BCUT2D eigenvalue weighted by atomic mass is 10.0. The molecule has 1 unspecified atom stereocenters. The van der Waals surface area contributed by atoms with Gasteiger partial charge in [0.25, 0.3) is 5.89 Å². The Labute approximate surface area is 111 Å². The zero-order valence-corrected chi connectivity index (χ0v) is 10.9. The second kappa shape index (κ2) is 5.01. The normalized spacial score (nSPS) is 19.5. The van der Waals surface area contributed by atoms with Crippen LogP contribution in [0.4, 0.5) is 5.69 Å². The molecule has 0 radical (unpaired) electrons. The maximum absolute atomic E-state index is 5.74. The summed E-state index contributed by atoms with van der Waals surface area (Å²) < 4.78 is 10.8. The van der Waals surface area contributed by atoms with Crippen molar-refractivity contribution in [1.29, 1.82) is 0 Å². The monoisotopic (exact) mass is 259 g/mol. The maximum atomic E-state index is 5.74. The second-order valence-electron chi connectivity index (χ2n) is 4.95. The molecule has 1 aliphatic heterocycles. The van der Waals surface area contributed by atoms with Crippen LogP contribution in [0, 0.1) is 6.92 Å². The van der Waals surface area contributed by atoms with Crippen LogP contribution in [0.5, 0.6) is 0 Å². The smallest absolute Gasteiger partial charge is 0.258 e. The number of hydrogen-bond donors (Lipinski definition) is 1. The van der Waals surface area contributed by atoms with Gasteiger partial charge in [-0.05, 0) is 43.5 Å². The van der Waals surface area contributed by atoms with E-state index in [1.165, 1.54) is 0 Å². The van der Waals surface area contributed by atoms with Crippen molar-refractivity contribution in [3.63, 3.8) is 0 Å². The Morgan fingerprint density at radius 1 is 1.37 bits per heavy atom. The first-order valence-corrected chi connectivity index (χ1v) is 6.52. The fraction of sp³-hybridized carbons (Fsp3) is 0.429. The molecule has 3 rings (SSSR count). The minimum Gasteiger partial charge on any atom is -0.399 e. The Morgan fingerprint density at radius 3 is 3.00 bits per heavy atom. The summed E-state index contributed by atoms with van der Waals surface area (Å²) in [4.78, 5) is 4.50. The summed E-state index contributed by atoms with van der Waals surface area (Å²) in [5.41, 5.74) is 8.45. The number of ether oxygens (including phenoxy) is 1. The first kappa shape index (κ1) is 12.2. The molecule has 0 aliphatic carbocycles. The summed E-state index contributed by atoms with van der Waals surface area (Å²) in [6.07, 6.45) is 2.11. The van der Waals surface area contributed by atoms with Crippen molar-refractivity contribution in [2.75, 3.05) is 18.9 Å². The van der Waals surface area contributed by atoms with E-state index < -0.39 is 0 Å². The van der Waals surface area contributed by atoms with E-state index >= 15 is 0 Å². The Bertz CT molecular complexity index is 574. The summed E-state index contributed by atoms with van der Waals surface area (Å²) in [7, 11) is 0. The number of aryl methyl sites for hydroxylation is 1. The van der Waals surface area contributed by atoms with Gasteiger partial charge in [0, 0.05) is 23.8 Å². The predicted octanol–water partition coefficient (Wildman–Crippen LogP) is 2.52. The molecule has 1 atom stereocenters. The van der Waals surface area contributed by atoms with Crippen LogP contribution >= 0.6 is 0 Å². The van der Waals surface area contributed by atoms with Crippen LogP contribution < -0.4 is 5.73 Å². The number of nitrogens with two attached hydrogens (primary N) is 1. The van der Waals surface area contributed by atoms with Crippen molar-refractivity contribution >= 4 is 5.69 Å². The molecule has 0 amide bonds. The average molecular weight is 259 g/mol. The Kier molecular flexibility index (Phi) is 3.21. The van der Waals surface area contributed by atoms with Gasteiger partial charge in [-0.25, -0.2) is 0 Å². The van der Waals surface area contributed by atoms with E-state index in [4.69, 9.17) is 15.0 Å². The van der Waals surface area contributed by atoms with Gasteiger partial charge in [0.2, 0.25) is 0 Å². The van der Waals surface area contributed by atoms with E-state index in [9.17, 15) is 0 Å². The molecular weight excluding hydrogens is 242 g/mol. The lowest BCUT2D eigenvalue weighted by Crippen LogP contribution is -2.16. The SMILES string of the molecule is Cc1cc(N)ccc1-c1nc(C2CCCOC2)no1. The molecule has 1 aliphatic rings. The highest BCUT2D eigenvalue weighted by Crippen LogP contribution is 2.27. The zero-order chi connectivity index (χ0) is 13.2. The largest absolute Gasteiger partial charge is 0.399 e. The van der Waals surface area contributed by atoms with E-state index in [0.29, 0.717) is 12.5 Å². The van der Waals surface area contributed by atoms with Crippen LogP contribution in [0.3, 0.4) is 0 Å². The highest BCUT2D eigenvalue weighted by Gasteiger charge is 2.22. The molecule has 2 N–H and O–H groups in total. The number of rotatable bonds is 2. The van der Waals surface area contributed by atoms with Gasteiger partial charge in [-0.2, -0.15) is 4.98 Å². The van der Waals surface area contributed by atoms with E-state index in [-0.39, 0.29) is 5.92 Å². The average Bonchev–Trinajstić information content (AvgIpc) is 2.89. The number of nitrogens with zero attached hydrogens (tertiary/aromatic N) is 2. The number of aromatic nitrogens is 2. The molecule has 0 saturated carbocycles. The Morgan fingerprint density at radius 2 is 2.26 bits per heavy atom. The van der Waals surface area contributed by atoms with E-state index in [1.54, 1.807) is 0 Å². The Balaban J connectivity index is 1.87. The molecular formula is C14H17N3O2. The molecule has 1 fully saturated rings. The third-order valence-corrected chi connectivity index (χ3v) is 3.45. The van der Waals surface area contributed by atoms with Crippen LogP contribution in [0.2, 0.25) is 0 Å². The lowest BCUT2D eigenvalue weighted by molar-refractivity contribution is 0.0773. The highest BCUT2D eigenvalue weighted by atomic mass is 16.5. The second-order valence-corrected chi connectivity index (χ2v) is 4.95. The minimum absolute atomic E-state index is 0.250. The molecule has 1 aromatic heterocycles. The zero-order valence-electron chi connectivity index (χ0n) is 10.9. The van der Waals surface area contributed by atoms with E-state index in [2.05, 4.69) is 10.1 Å². The summed E-state index contributed by atoms with van der Waals surface area (Å²) in [5.74, 6) is 1.55. The van der Waals surface area contributed by atoms with E-state index in [1.807, 2.05) is 25.1 Å². The van der Waals surface area contributed by atoms with Crippen molar-refractivity contribution in [2.45, 2.75) is 25.7 Å². The van der Waals surface area contributed by atoms with Crippen molar-refractivity contribution in [2.24, 2.45) is 0 Å². The lowest BCUT2D eigenvalue weighted by Gasteiger charge is -2.18. The van der Waals surface area contributed by atoms with Crippen LogP contribution in [-0.2, 0) is 4.74 Å². The molecule has 5 nitrogen and oxygen atoms in total. The van der Waals surface area contributed by atoms with Gasteiger partial charge in [0.15, 0.2) is 5.82 Å². The predicted molar refractivity (Wildman–Crippen MR) is 71.7 cm³/mol. The number of hydrogen-bond acceptors (Lipinski definition) is 5. The molecule has 100 valence electrons. The third-order valence-electron chi connectivity index (χ3n) is 3.45. The van der Waals surface area contributed by atoms with Gasteiger partial charge in [0.1, 0.15) is 0 Å². The van der Waals surface area contributed by atoms with Gasteiger partial charge >= 0.3 is 0 Å². The van der Waals surface area contributed by atoms with Gasteiger partial charge in [-0.15, -0.1) is 0 Å².